The van der Waals surface area contributed by atoms with Crippen molar-refractivity contribution in [2.24, 2.45) is 5.73 Å². The van der Waals surface area contributed by atoms with Gasteiger partial charge in [0.25, 0.3) is 0 Å². The highest BCUT2D eigenvalue weighted by molar-refractivity contribution is 5.83. The van der Waals surface area contributed by atoms with E-state index < -0.39 is 18.2 Å². The first-order valence-electron chi connectivity index (χ1n) is 12.0. The van der Waals surface area contributed by atoms with E-state index >= 15 is 0 Å². The average molecular weight is 480 g/mol. The molecule has 2 amide bonds. The molecular weight excluding hydrogens is 446 g/mol. The summed E-state index contributed by atoms with van der Waals surface area (Å²) in [7, 11) is 0. The maximum atomic E-state index is 13.1. The van der Waals surface area contributed by atoms with Crippen LogP contribution >= 0.6 is 0 Å². The standard InChI is InChI=1S/C26H33N5O4/c1-15-10-20-22(11-16(15)2)35-26(31-20)24(33)19(9-8-17-6-4-3-5-7-17)30-25(34)21-12-18(14-28-21)29-23(32)13-27/h3-7,10-11,18-19,21,24,28,33H,8-9,12-14,27H2,1-2H3,(H,29,32)(H,30,34)/t18-,19?,21+,24?/m1/s1. The number of nitrogens with zero attached hydrogens (tertiary/aromatic N) is 1. The number of hydrogen-bond acceptors (Lipinski definition) is 7. The van der Waals surface area contributed by atoms with Crippen LogP contribution in [-0.4, -0.2) is 53.1 Å². The minimum Gasteiger partial charge on any atom is -0.438 e. The van der Waals surface area contributed by atoms with E-state index in [0.717, 1.165) is 16.7 Å². The fraction of sp³-hybridized carbons (Fsp3) is 0.423. The largest absolute Gasteiger partial charge is 0.438 e. The highest BCUT2D eigenvalue weighted by Crippen LogP contribution is 2.26. The third-order valence-electron chi connectivity index (χ3n) is 6.57. The molecule has 35 heavy (non-hydrogen) atoms. The van der Waals surface area contributed by atoms with Gasteiger partial charge in [0, 0.05) is 12.6 Å². The van der Waals surface area contributed by atoms with Crippen LogP contribution in [-0.2, 0) is 16.0 Å². The minimum atomic E-state index is -1.12. The van der Waals surface area contributed by atoms with Crippen molar-refractivity contribution in [1.29, 1.82) is 0 Å². The second-order valence-electron chi connectivity index (χ2n) is 9.21. The molecule has 0 radical (unpaired) electrons. The molecule has 2 unspecified atom stereocenters. The number of aliphatic hydroxyl groups excluding tert-OH is 1. The predicted molar refractivity (Wildman–Crippen MR) is 133 cm³/mol. The Morgan fingerprint density at radius 3 is 2.71 bits per heavy atom. The molecule has 1 aliphatic heterocycles. The van der Waals surface area contributed by atoms with Gasteiger partial charge in [-0.25, -0.2) is 4.98 Å². The molecule has 2 aromatic carbocycles. The molecule has 0 aliphatic carbocycles. The molecule has 1 aromatic heterocycles. The molecule has 186 valence electrons. The molecule has 0 spiro atoms. The smallest absolute Gasteiger partial charge is 0.237 e. The number of carbonyl (C=O) groups excluding carboxylic acids is 2. The molecule has 4 rings (SSSR count). The number of fused-ring (bicyclic) bond motifs is 1. The number of aliphatic hydroxyl groups is 1. The predicted octanol–water partition coefficient (Wildman–Crippen LogP) is 1.40. The first-order chi connectivity index (χ1) is 16.8. The van der Waals surface area contributed by atoms with Crippen molar-refractivity contribution in [3.05, 3.63) is 65.0 Å². The number of oxazole rings is 1. The van der Waals surface area contributed by atoms with Gasteiger partial charge in [0.2, 0.25) is 17.7 Å². The summed E-state index contributed by atoms with van der Waals surface area (Å²) >= 11 is 0. The molecule has 9 heteroatoms. The quantitative estimate of drug-likeness (QED) is 0.312. The number of carbonyl (C=O) groups is 2. The summed E-state index contributed by atoms with van der Waals surface area (Å²) in [6.07, 6.45) is 0.480. The summed E-state index contributed by atoms with van der Waals surface area (Å²) < 4.78 is 5.89. The van der Waals surface area contributed by atoms with Crippen molar-refractivity contribution >= 4 is 22.9 Å². The van der Waals surface area contributed by atoms with Gasteiger partial charge in [-0.05, 0) is 61.9 Å². The van der Waals surface area contributed by atoms with Gasteiger partial charge >= 0.3 is 0 Å². The molecule has 1 saturated heterocycles. The zero-order valence-corrected chi connectivity index (χ0v) is 20.1. The van der Waals surface area contributed by atoms with Crippen LogP contribution in [0.15, 0.2) is 46.9 Å². The molecule has 6 N–H and O–H groups in total. The van der Waals surface area contributed by atoms with Gasteiger partial charge in [-0.3, -0.25) is 9.59 Å². The molecule has 3 aromatic rings. The van der Waals surface area contributed by atoms with E-state index in [-0.39, 0.29) is 30.3 Å². The van der Waals surface area contributed by atoms with E-state index in [4.69, 9.17) is 10.2 Å². The van der Waals surface area contributed by atoms with Crippen LogP contribution in [0.25, 0.3) is 11.1 Å². The third kappa shape index (κ3) is 6.05. The summed E-state index contributed by atoms with van der Waals surface area (Å²) in [4.78, 5) is 29.2. The normalized spacial score (nSPS) is 19.4. The van der Waals surface area contributed by atoms with Gasteiger partial charge < -0.3 is 31.2 Å². The summed E-state index contributed by atoms with van der Waals surface area (Å²) in [6.45, 7) is 4.38. The SMILES string of the molecule is Cc1cc2nc(C(O)C(CCc3ccccc3)NC(=O)[C@@H]3C[C@@H](NC(=O)CN)CN3)oc2cc1C. The number of hydrogen-bond donors (Lipinski definition) is 5. The molecule has 4 atom stereocenters. The number of nitrogens with two attached hydrogens (primary N) is 1. The van der Waals surface area contributed by atoms with Crippen molar-refractivity contribution < 1.29 is 19.1 Å². The van der Waals surface area contributed by atoms with Crippen molar-refractivity contribution in [3.63, 3.8) is 0 Å². The van der Waals surface area contributed by atoms with Crippen LogP contribution in [0, 0.1) is 13.8 Å². The number of amides is 2. The average Bonchev–Trinajstić information content (AvgIpc) is 3.49. The Bertz CT molecular complexity index is 1140. The van der Waals surface area contributed by atoms with Crippen molar-refractivity contribution in [1.82, 2.24) is 20.9 Å². The minimum absolute atomic E-state index is 0.0926. The Morgan fingerprint density at radius 1 is 1.23 bits per heavy atom. The number of nitrogens with one attached hydrogen (secondary N) is 3. The van der Waals surface area contributed by atoms with E-state index in [9.17, 15) is 14.7 Å². The monoisotopic (exact) mass is 479 g/mol. The second kappa shape index (κ2) is 11.0. The number of aryl methyl sites for hydroxylation is 3. The number of benzene rings is 2. The molecule has 9 nitrogen and oxygen atoms in total. The topological polar surface area (TPSA) is 143 Å². The lowest BCUT2D eigenvalue weighted by atomic mass is 10.00. The maximum absolute atomic E-state index is 13.1. The maximum Gasteiger partial charge on any atom is 0.237 e. The van der Waals surface area contributed by atoms with E-state index in [2.05, 4.69) is 20.9 Å². The van der Waals surface area contributed by atoms with Crippen molar-refractivity contribution in [3.8, 4) is 0 Å². The van der Waals surface area contributed by atoms with Gasteiger partial charge in [-0.1, -0.05) is 30.3 Å². The van der Waals surface area contributed by atoms with E-state index in [1.54, 1.807) is 0 Å². The highest BCUT2D eigenvalue weighted by Gasteiger charge is 2.34. The summed E-state index contributed by atoms with van der Waals surface area (Å²) in [5, 5.41) is 20.2. The fourth-order valence-electron chi connectivity index (χ4n) is 4.39. The van der Waals surface area contributed by atoms with Crippen LogP contribution in [0.3, 0.4) is 0 Å². The van der Waals surface area contributed by atoms with Crippen LogP contribution in [0.2, 0.25) is 0 Å². The Hall–Kier alpha value is -3.27. The summed E-state index contributed by atoms with van der Waals surface area (Å²) in [6, 6.07) is 12.5. The lowest BCUT2D eigenvalue weighted by Crippen LogP contribution is -2.47. The molecule has 1 fully saturated rings. The first-order valence-corrected chi connectivity index (χ1v) is 12.0. The van der Waals surface area contributed by atoms with Gasteiger partial charge in [0.1, 0.15) is 5.52 Å². The highest BCUT2D eigenvalue weighted by atomic mass is 16.4. The Labute approximate surface area is 204 Å². The summed E-state index contributed by atoms with van der Waals surface area (Å²) in [5.41, 5.74) is 9.91. The number of rotatable bonds is 9. The lowest BCUT2D eigenvalue weighted by Gasteiger charge is -2.24. The number of aromatic nitrogens is 1. The van der Waals surface area contributed by atoms with Crippen LogP contribution in [0.5, 0.6) is 0 Å². The van der Waals surface area contributed by atoms with Crippen LogP contribution in [0.1, 0.15) is 41.5 Å². The lowest BCUT2D eigenvalue weighted by molar-refractivity contribution is -0.125. The zero-order chi connectivity index (χ0) is 24.9. The van der Waals surface area contributed by atoms with Gasteiger partial charge in [0.15, 0.2) is 11.7 Å². The zero-order valence-electron chi connectivity index (χ0n) is 20.1. The van der Waals surface area contributed by atoms with Gasteiger partial charge in [0.05, 0.1) is 18.6 Å². The first kappa shape index (κ1) is 24.8. The molecule has 0 saturated carbocycles. The molecule has 0 bridgehead atoms. The van der Waals surface area contributed by atoms with E-state index in [1.165, 1.54) is 0 Å². The van der Waals surface area contributed by atoms with E-state index in [0.29, 0.717) is 36.9 Å². The van der Waals surface area contributed by atoms with Gasteiger partial charge in [-0.2, -0.15) is 0 Å². The molecule has 1 aliphatic rings. The van der Waals surface area contributed by atoms with Crippen molar-refractivity contribution in [2.75, 3.05) is 13.1 Å². The third-order valence-corrected chi connectivity index (χ3v) is 6.57. The molecular formula is C26H33N5O4. The Balaban J connectivity index is 1.49. The Morgan fingerprint density at radius 2 is 1.97 bits per heavy atom. The van der Waals surface area contributed by atoms with Crippen LogP contribution < -0.4 is 21.7 Å². The second-order valence-corrected chi connectivity index (χ2v) is 9.21. The molecule has 2 heterocycles. The fourth-order valence-corrected chi connectivity index (χ4v) is 4.39. The Kier molecular flexibility index (Phi) is 7.80. The van der Waals surface area contributed by atoms with Crippen molar-refractivity contribution in [2.45, 2.75) is 57.3 Å². The summed E-state index contributed by atoms with van der Waals surface area (Å²) in [5.74, 6) is -0.319. The van der Waals surface area contributed by atoms with Gasteiger partial charge in [-0.15, -0.1) is 0 Å². The van der Waals surface area contributed by atoms with Crippen LogP contribution in [0.4, 0.5) is 0 Å². The van der Waals surface area contributed by atoms with E-state index in [1.807, 2.05) is 56.3 Å².